The maximum atomic E-state index is 2.45. The SMILES string of the molecule is CC1=Cc2cccc(N(c3ccccc3)c3cccc4c3CC(C)=C4)c2C1. The van der Waals surface area contributed by atoms with Crippen LogP contribution < -0.4 is 4.90 Å². The van der Waals surface area contributed by atoms with Gasteiger partial charge in [-0.1, -0.05) is 65.8 Å². The summed E-state index contributed by atoms with van der Waals surface area (Å²) in [5, 5.41) is 0. The molecule has 0 radical (unpaired) electrons. The number of hydrogen-bond donors (Lipinski definition) is 0. The number of para-hydroxylation sites is 1. The number of hydrogen-bond acceptors (Lipinski definition) is 1. The van der Waals surface area contributed by atoms with Gasteiger partial charge in [-0.3, -0.25) is 0 Å². The van der Waals surface area contributed by atoms with Gasteiger partial charge in [0.2, 0.25) is 0 Å². The Labute approximate surface area is 161 Å². The fourth-order valence-corrected chi connectivity index (χ4v) is 4.43. The van der Waals surface area contributed by atoms with Crippen LogP contribution in [0.4, 0.5) is 17.1 Å². The van der Waals surface area contributed by atoms with Gasteiger partial charge in [-0.15, -0.1) is 0 Å². The molecule has 0 amide bonds. The van der Waals surface area contributed by atoms with E-state index in [2.05, 4.69) is 97.6 Å². The molecule has 5 rings (SSSR count). The summed E-state index contributed by atoms with van der Waals surface area (Å²) >= 11 is 0. The van der Waals surface area contributed by atoms with E-state index < -0.39 is 0 Å². The lowest BCUT2D eigenvalue weighted by molar-refractivity contribution is 1.13. The van der Waals surface area contributed by atoms with Crippen LogP contribution in [-0.4, -0.2) is 0 Å². The molecule has 3 aromatic rings. The predicted molar refractivity (Wildman–Crippen MR) is 116 cm³/mol. The number of rotatable bonds is 3. The minimum absolute atomic E-state index is 1.03. The zero-order valence-corrected chi connectivity index (χ0v) is 15.9. The van der Waals surface area contributed by atoms with Gasteiger partial charge in [-0.2, -0.15) is 0 Å². The van der Waals surface area contributed by atoms with Crippen molar-refractivity contribution in [3.63, 3.8) is 0 Å². The molecule has 0 fully saturated rings. The highest BCUT2D eigenvalue weighted by Crippen LogP contribution is 2.44. The first-order valence-electron chi connectivity index (χ1n) is 9.64. The van der Waals surface area contributed by atoms with Crippen molar-refractivity contribution < 1.29 is 0 Å². The van der Waals surface area contributed by atoms with Crippen LogP contribution in [0.15, 0.2) is 77.9 Å². The summed E-state index contributed by atoms with van der Waals surface area (Å²) < 4.78 is 0. The van der Waals surface area contributed by atoms with Gasteiger partial charge in [0.1, 0.15) is 0 Å². The second kappa shape index (κ2) is 6.28. The maximum absolute atomic E-state index is 2.45. The topological polar surface area (TPSA) is 3.24 Å². The zero-order chi connectivity index (χ0) is 18.4. The number of allylic oxidation sites excluding steroid dienone is 2. The molecule has 2 aliphatic carbocycles. The monoisotopic (exact) mass is 349 g/mol. The highest BCUT2D eigenvalue weighted by Gasteiger charge is 2.24. The van der Waals surface area contributed by atoms with Crippen molar-refractivity contribution in [2.45, 2.75) is 26.7 Å². The molecule has 1 heteroatoms. The lowest BCUT2D eigenvalue weighted by Gasteiger charge is -2.29. The molecule has 0 saturated heterocycles. The van der Waals surface area contributed by atoms with Crippen LogP contribution >= 0.6 is 0 Å². The van der Waals surface area contributed by atoms with Crippen LogP contribution in [0.2, 0.25) is 0 Å². The smallest absolute Gasteiger partial charge is 0.0502 e. The first-order chi connectivity index (χ1) is 13.2. The van der Waals surface area contributed by atoms with Crippen molar-refractivity contribution in [3.8, 4) is 0 Å². The summed E-state index contributed by atoms with van der Waals surface area (Å²) in [6.07, 6.45) is 6.70. The third-order valence-corrected chi connectivity index (χ3v) is 5.59. The molecule has 0 aliphatic heterocycles. The highest BCUT2D eigenvalue weighted by molar-refractivity contribution is 5.86. The first-order valence-corrected chi connectivity index (χ1v) is 9.64. The van der Waals surface area contributed by atoms with Gasteiger partial charge in [-0.05, 0) is 73.2 Å². The normalized spacial score (nSPS) is 14.4. The largest absolute Gasteiger partial charge is 0.310 e. The Kier molecular flexibility index (Phi) is 3.75. The summed E-state index contributed by atoms with van der Waals surface area (Å²) in [4.78, 5) is 2.45. The summed E-state index contributed by atoms with van der Waals surface area (Å²) in [5.41, 5.74) is 12.2. The van der Waals surface area contributed by atoms with Gasteiger partial charge >= 0.3 is 0 Å². The van der Waals surface area contributed by atoms with E-state index in [0.717, 1.165) is 12.8 Å². The Morgan fingerprint density at radius 2 is 1.11 bits per heavy atom. The number of fused-ring (bicyclic) bond motifs is 2. The van der Waals surface area contributed by atoms with Crippen molar-refractivity contribution in [2.24, 2.45) is 0 Å². The number of nitrogens with zero attached hydrogens (tertiary/aromatic N) is 1. The molecule has 132 valence electrons. The van der Waals surface area contributed by atoms with E-state index in [-0.39, 0.29) is 0 Å². The second-order valence-corrected chi connectivity index (χ2v) is 7.70. The van der Waals surface area contributed by atoms with Crippen molar-refractivity contribution in [1.29, 1.82) is 0 Å². The summed E-state index contributed by atoms with van der Waals surface area (Å²) in [5.74, 6) is 0. The van der Waals surface area contributed by atoms with Gasteiger partial charge in [-0.25, -0.2) is 0 Å². The first kappa shape index (κ1) is 16.1. The zero-order valence-electron chi connectivity index (χ0n) is 15.9. The second-order valence-electron chi connectivity index (χ2n) is 7.70. The van der Waals surface area contributed by atoms with E-state index in [1.54, 1.807) is 0 Å². The Balaban J connectivity index is 1.73. The van der Waals surface area contributed by atoms with Crippen LogP contribution in [0.1, 0.15) is 36.1 Å². The van der Waals surface area contributed by atoms with Crippen LogP contribution in [0, 0.1) is 0 Å². The summed E-state index contributed by atoms with van der Waals surface area (Å²) in [7, 11) is 0. The summed E-state index contributed by atoms with van der Waals surface area (Å²) in [6, 6.07) is 24.1. The van der Waals surface area contributed by atoms with Crippen molar-refractivity contribution >= 4 is 29.2 Å². The van der Waals surface area contributed by atoms with Crippen LogP contribution in [0.5, 0.6) is 0 Å². The third kappa shape index (κ3) is 2.71. The van der Waals surface area contributed by atoms with Gasteiger partial charge in [0, 0.05) is 5.69 Å². The van der Waals surface area contributed by atoms with Crippen LogP contribution in [0.3, 0.4) is 0 Å². The van der Waals surface area contributed by atoms with Crippen molar-refractivity contribution in [3.05, 3.63) is 100 Å². The van der Waals surface area contributed by atoms with E-state index >= 15 is 0 Å². The predicted octanol–water partition coefficient (Wildman–Crippen LogP) is 7.08. The molecule has 2 aliphatic rings. The molecule has 0 bridgehead atoms. The average molecular weight is 349 g/mol. The van der Waals surface area contributed by atoms with Crippen molar-refractivity contribution in [1.82, 2.24) is 0 Å². The van der Waals surface area contributed by atoms with Crippen LogP contribution in [0.25, 0.3) is 12.2 Å². The molecule has 27 heavy (non-hydrogen) atoms. The fraction of sp³-hybridized carbons (Fsp3) is 0.154. The van der Waals surface area contributed by atoms with Gasteiger partial charge in [0.05, 0.1) is 11.4 Å². The molecule has 0 saturated carbocycles. The molecule has 3 aromatic carbocycles. The molecule has 0 heterocycles. The Hall–Kier alpha value is -3.06. The van der Waals surface area contributed by atoms with E-state index in [9.17, 15) is 0 Å². The maximum Gasteiger partial charge on any atom is 0.0502 e. The quantitative estimate of drug-likeness (QED) is 0.488. The number of benzene rings is 3. The fourth-order valence-electron chi connectivity index (χ4n) is 4.43. The summed E-state index contributed by atoms with van der Waals surface area (Å²) in [6.45, 7) is 4.45. The standard InChI is InChI=1S/C26H23N/c1-18-14-20-8-6-12-25(23(20)16-18)27(22-10-4-3-5-11-22)26-13-7-9-21-15-19(2)17-24(21)26/h3-15H,16-17H2,1-2H3. The lowest BCUT2D eigenvalue weighted by Crippen LogP contribution is -2.14. The number of anilines is 3. The Bertz CT molecular complexity index is 1020. The molecule has 0 spiro atoms. The minimum Gasteiger partial charge on any atom is -0.310 e. The van der Waals surface area contributed by atoms with E-state index in [0.29, 0.717) is 0 Å². The molecule has 0 atom stereocenters. The van der Waals surface area contributed by atoms with Gasteiger partial charge in [0.25, 0.3) is 0 Å². The lowest BCUT2D eigenvalue weighted by atomic mass is 10.0. The molecular weight excluding hydrogens is 326 g/mol. The third-order valence-electron chi connectivity index (χ3n) is 5.59. The van der Waals surface area contributed by atoms with E-state index in [1.165, 1.54) is 50.5 Å². The van der Waals surface area contributed by atoms with E-state index in [4.69, 9.17) is 0 Å². The molecule has 1 nitrogen and oxygen atoms in total. The molecule has 0 N–H and O–H groups in total. The van der Waals surface area contributed by atoms with Crippen molar-refractivity contribution in [2.75, 3.05) is 4.90 Å². The Morgan fingerprint density at radius 1 is 0.593 bits per heavy atom. The highest BCUT2D eigenvalue weighted by atomic mass is 15.1. The van der Waals surface area contributed by atoms with Crippen LogP contribution in [-0.2, 0) is 12.8 Å². The minimum atomic E-state index is 1.03. The average Bonchev–Trinajstić information content (AvgIpc) is 3.24. The van der Waals surface area contributed by atoms with E-state index in [1.807, 2.05) is 0 Å². The molecule has 0 unspecified atom stereocenters. The van der Waals surface area contributed by atoms with Gasteiger partial charge in [0.15, 0.2) is 0 Å². The molecule has 0 aromatic heterocycles. The molecular formula is C26H23N. The van der Waals surface area contributed by atoms with Gasteiger partial charge < -0.3 is 4.90 Å². The Morgan fingerprint density at radius 3 is 1.63 bits per heavy atom.